The minimum absolute atomic E-state index is 0.475. The molecule has 2 heterocycles. The Kier molecular flexibility index (Phi) is 3.94. The third kappa shape index (κ3) is 2.75. The van der Waals surface area contributed by atoms with Crippen molar-refractivity contribution >= 4 is 34.7 Å². The molecule has 0 aliphatic carbocycles. The maximum Gasteiger partial charge on any atom is 0.0516 e. The highest BCUT2D eigenvalue weighted by Gasteiger charge is 2.19. The van der Waals surface area contributed by atoms with E-state index >= 15 is 0 Å². The van der Waals surface area contributed by atoms with Gasteiger partial charge in [-0.3, -0.25) is 0 Å². The molecular formula is C14H14ClNS2. The maximum atomic E-state index is 5.94. The van der Waals surface area contributed by atoms with Crippen LogP contribution in [-0.4, -0.2) is 5.75 Å². The SMILES string of the molecule is Clc1csc(CNC2CCSc3ccccc32)c1. The number of nitrogens with one attached hydrogen (secondary N) is 1. The van der Waals surface area contributed by atoms with Crippen LogP contribution in [0.15, 0.2) is 40.6 Å². The van der Waals surface area contributed by atoms with E-state index in [-0.39, 0.29) is 0 Å². The molecule has 1 unspecified atom stereocenters. The summed E-state index contributed by atoms with van der Waals surface area (Å²) in [5, 5.41) is 6.48. The molecule has 4 heteroatoms. The number of rotatable bonds is 3. The number of hydrogen-bond acceptors (Lipinski definition) is 3. The van der Waals surface area contributed by atoms with E-state index in [1.807, 2.05) is 23.2 Å². The molecule has 0 bridgehead atoms. The maximum absolute atomic E-state index is 5.94. The first kappa shape index (κ1) is 12.5. The summed E-state index contributed by atoms with van der Waals surface area (Å²) < 4.78 is 0. The molecule has 0 amide bonds. The van der Waals surface area contributed by atoms with Crippen molar-refractivity contribution in [2.45, 2.75) is 23.9 Å². The van der Waals surface area contributed by atoms with Crippen LogP contribution in [0, 0.1) is 0 Å². The third-order valence-corrected chi connectivity index (χ3v) is 5.51. The second-order valence-electron chi connectivity index (χ2n) is 4.34. The molecule has 0 saturated carbocycles. The van der Waals surface area contributed by atoms with Gasteiger partial charge in [0.15, 0.2) is 0 Å². The predicted molar refractivity (Wildman–Crippen MR) is 80.7 cm³/mol. The smallest absolute Gasteiger partial charge is 0.0516 e. The molecule has 18 heavy (non-hydrogen) atoms. The lowest BCUT2D eigenvalue weighted by Crippen LogP contribution is -2.23. The van der Waals surface area contributed by atoms with E-state index in [4.69, 9.17) is 11.6 Å². The minimum atomic E-state index is 0.475. The third-order valence-electron chi connectivity index (χ3n) is 3.10. The molecule has 1 nitrogen and oxygen atoms in total. The quantitative estimate of drug-likeness (QED) is 0.878. The lowest BCUT2D eigenvalue weighted by atomic mass is 10.0. The van der Waals surface area contributed by atoms with Crippen molar-refractivity contribution < 1.29 is 0 Å². The number of thioether (sulfide) groups is 1. The average molecular weight is 296 g/mol. The highest BCUT2D eigenvalue weighted by Crippen LogP contribution is 2.36. The Morgan fingerprint density at radius 3 is 3.06 bits per heavy atom. The Hall–Kier alpha value is -0.480. The Morgan fingerprint density at radius 2 is 2.22 bits per heavy atom. The summed E-state index contributed by atoms with van der Waals surface area (Å²) in [6, 6.07) is 11.2. The second-order valence-corrected chi connectivity index (χ2v) is 6.91. The van der Waals surface area contributed by atoms with Crippen LogP contribution in [-0.2, 0) is 6.54 Å². The van der Waals surface area contributed by atoms with Crippen LogP contribution in [0.1, 0.15) is 22.9 Å². The normalized spacial score (nSPS) is 18.6. The number of thiophene rings is 1. The molecule has 3 rings (SSSR count). The van der Waals surface area contributed by atoms with Gasteiger partial charge in [0.1, 0.15) is 0 Å². The van der Waals surface area contributed by atoms with E-state index in [0.717, 1.165) is 11.6 Å². The van der Waals surface area contributed by atoms with E-state index in [9.17, 15) is 0 Å². The molecule has 0 radical (unpaired) electrons. The summed E-state index contributed by atoms with van der Waals surface area (Å²) in [5.41, 5.74) is 1.44. The molecular weight excluding hydrogens is 282 g/mol. The number of halogens is 1. The summed E-state index contributed by atoms with van der Waals surface area (Å²) in [5.74, 6) is 1.19. The standard InChI is InChI=1S/C14H14ClNS2/c15-10-7-11(18-9-10)8-16-13-5-6-17-14-4-2-1-3-12(13)14/h1-4,7,9,13,16H,5-6,8H2. The first-order chi connectivity index (χ1) is 8.83. The molecule has 0 spiro atoms. The molecule has 0 saturated heterocycles. The second kappa shape index (κ2) is 5.66. The van der Waals surface area contributed by atoms with Crippen molar-refractivity contribution in [3.05, 3.63) is 51.2 Å². The van der Waals surface area contributed by atoms with Gasteiger partial charge in [-0.05, 0) is 29.9 Å². The van der Waals surface area contributed by atoms with Crippen molar-refractivity contribution in [1.82, 2.24) is 5.32 Å². The molecule has 1 aliphatic heterocycles. The molecule has 1 aliphatic rings. The number of benzene rings is 1. The Morgan fingerprint density at radius 1 is 1.33 bits per heavy atom. The van der Waals surface area contributed by atoms with Gasteiger partial charge in [-0.2, -0.15) is 0 Å². The van der Waals surface area contributed by atoms with Gasteiger partial charge in [-0.25, -0.2) is 0 Å². The Labute approximate surface area is 121 Å². The van der Waals surface area contributed by atoms with E-state index in [0.29, 0.717) is 6.04 Å². The minimum Gasteiger partial charge on any atom is -0.305 e. The van der Waals surface area contributed by atoms with E-state index in [2.05, 4.69) is 29.6 Å². The van der Waals surface area contributed by atoms with Crippen LogP contribution in [0.3, 0.4) is 0 Å². The fourth-order valence-corrected chi connectivity index (χ4v) is 4.37. The van der Waals surface area contributed by atoms with Gasteiger partial charge in [0.25, 0.3) is 0 Å². The van der Waals surface area contributed by atoms with Gasteiger partial charge in [-0.1, -0.05) is 29.8 Å². The van der Waals surface area contributed by atoms with Crippen LogP contribution in [0.4, 0.5) is 0 Å². The van der Waals surface area contributed by atoms with Gasteiger partial charge in [0.05, 0.1) is 5.02 Å². The molecule has 0 fully saturated rings. The van der Waals surface area contributed by atoms with Gasteiger partial charge in [-0.15, -0.1) is 23.1 Å². The average Bonchev–Trinajstić information content (AvgIpc) is 2.82. The van der Waals surface area contributed by atoms with Crippen molar-refractivity contribution in [2.24, 2.45) is 0 Å². The van der Waals surface area contributed by atoms with E-state index < -0.39 is 0 Å². The zero-order valence-corrected chi connectivity index (χ0v) is 12.2. The van der Waals surface area contributed by atoms with Gasteiger partial charge < -0.3 is 5.32 Å². The predicted octanol–water partition coefficient (Wildman–Crippen LogP) is 4.73. The van der Waals surface area contributed by atoms with Crippen LogP contribution >= 0.6 is 34.7 Å². The topological polar surface area (TPSA) is 12.0 Å². The zero-order valence-electron chi connectivity index (χ0n) is 9.86. The van der Waals surface area contributed by atoms with Crippen molar-refractivity contribution in [1.29, 1.82) is 0 Å². The largest absolute Gasteiger partial charge is 0.305 e. The molecule has 94 valence electrons. The van der Waals surface area contributed by atoms with E-state index in [1.165, 1.54) is 27.5 Å². The summed E-state index contributed by atoms with van der Waals surface area (Å²) in [4.78, 5) is 2.72. The van der Waals surface area contributed by atoms with Crippen LogP contribution in [0.25, 0.3) is 0 Å². The summed E-state index contributed by atoms with van der Waals surface area (Å²) in [7, 11) is 0. The lowest BCUT2D eigenvalue weighted by Gasteiger charge is -2.25. The highest BCUT2D eigenvalue weighted by atomic mass is 35.5. The fraction of sp³-hybridized carbons (Fsp3) is 0.286. The summed E-state index contributed by atoms with van der Waals surface area (Å²) in [6.07, 6.45) is 1.20. The van der Waals surface area contributed by atoms with Gasteiger partial charge in [0.2, 0.25) is 0 Å². The Balaban J connectivity index is 1.71. The van der Waals surface area contributed by atoms with Crippen molar-refractivity contribution in [2.75, 3.05) is 5.75 Å². The van der Waals surface area contributed by atoms with Gasteiger partial charge in [0, 0.05) is 27.7 Å². The van der Waals surface area contributed by atoms with Gasteiger partial charge >= 0.3 is 0 Å². The fourth-order valence-electron chi connectivity index (χ4n) is 2.22. The number of hydrogen-bond donors (Lipinski definition) is 1. The summed E-state index contributed by atoms with van der Waals surface area (Å²) in [6.45, 7) is 0.904. The van der Waals surface area contributed by atoms with Crippen molar-refractivity contribution in [3.8, 4) is 0 Å². The number of fused-ring (bicyclic) bond motifs is 1. The first-order valence-electron chi connectivity index (χ1n) is 6.01. The van der Waals surface area contributed by atoms with Crippen LogP contribution < -0.4 is 5.32 Å². The monoisotopic (exact) mass is 295 g/mol. The first-order valence-corrected chi connectivity index (χ1v) is 8.25. The lowest BCUT2D eigenvalue weighted by molar-refractivity contribution is 0.513. The Bertz CT molecular complexity index is 538. The highest BCUT2D eigenvalue weighted by molar-refractivity contribution is 7.99. The molecule has 1 aromatic carbocycles. The molecule has 1 atom stereocenters. The zero-order chi connectivity index (χ0) is 12.4. The molecule has 1 N–H and O–H groups in total. The van der Waals surface area contributed by atoms with E-state index in [1.54, 1.807) is 11.3 Å². The molecule has 1 aromatic heterocycles. The van der Waals surface area contributed by atoms with Crippen molar-refractivity contribution in [3.63, 3.8) is 0 Å². The van der Waals surface area contributed by atoms with Crippen LogP contribution in [0.5, 0.6) is 0 Å². The summed E-state index contributed by atoms with van der Waals surface area (Å²) >= 11 is 9.62. The molecule has 2 aromatic rings. The van der Waals surface area contributed by atoms with Crippen LogP contribution in [0.2, 0.25) is 5.02 Å².